The lowest BCUT2D eigenvalue weighted by atomic mass is 10.2. The SMILES string of the molecule is C#C/C(C=C)=C/C(=C)C.Cc1cccc(C)c1. The van der Waals surface area contributed by atoms with Crippen LogP contribution < -0.4 is 0 Å². The fraction of sp³-hybridized carbons (Fsp3) is 0.176. The molecule has 0 aliphatic carbocycles. The summed E-state index contributed by atoms with van der Waals surface area (Å²) >= 11 is 0. The molecule has 0 fully saturated rings. The molecular formula is C17H20. The summed E-state index contributed by atoms with van der Waals surface area (Å²) in [6.07, 6.45) is 8.55. The van der Waals surface area contributed by atoms with E-state index >= 15 is 0 Å². The quantitative estimate of drug-likeness (QED) is 0.508. The van der Waals surface area contributed by atoms with Crippen molar-refractivity contribution in [2.45, 2.75) is 20.8 Å². The van der Waals surface area contributed by atoms with Gasteiger partial charge in [-0.1, -0.05) is 66.1 Å². The summed E-state index contributed by atoms with van der Waals surface area (Å²) in [5.74, 6) is 2.47. The van der Waals surface area contributed by atoms with Gasteiger partial charge in [0.25, 0.3) is 0 Å². The smallest absolute Gasteiger partial charge is 0.0239 e. The van der Waals surface area contributed by atoms with Crippen LogP contribution in [0.1, 0.15) is 18.1 Å². The first kappa shape index (κ1) is 15.0. The van der Waals surface area contributed by atoms with Crippen molar-refractivity contribution in [1.82, 2.24) is 0 Å². The van der Waals surface area contributed by atoms with Gasteiger partial charge in [0.05, 0.1) is 0 Å². The molecule has 0 spiro atoms. The van der Waals surface area contributed by atoms with Crippen LogP contribution in [0.5, 0.6) is 0 Å². The third kappa shape index (κ3) is 7.88. The van der Waals surface area contributed by atoms with Crippen LogP contribution in [0.3, 0.4) is 0 Å². The minimum absolute atomic E-state index is 0.780. The van der Waals surface area contributed by atoms with E-state index in [0.717, 1.165) is 11.1 Å². The fourth-order valence-corrected chi connectivity index (χ4v) is 1.23. The van der Waals surface area contributed by atoms with Crippen molar-refractivity contribution in [2.24, 2.45) is 0 Å². The van der Waals surface area contributed by atoms with Crippen LogP contribution in [0.2, 0.25) is 0 Å². The van der Waals surface area contributed by atoms with E-state index in [4.69, 9.17) is 6.42 Å². The number of benzene rings is 1. The molecule has 1 aromatic rings. The number of hydrogen-bond donors (Lipinski definition) is 0. The zero-order chi connectivity index (χ0) is 13.3. The summed E-state index contributed by atoms with van der Waals surface area (Å²) in [5, 5.41) is 0. The van der Waals surface area contributed by atoms with E-state index in [-0.39, 0.29) is 0 Å². The van der Waals surface area contributed by atoms with Crippen LogP contribution in [0, 0.1) is 26.2 Å². The van der Waals surface area contributed by atoms with E-state index in [1.807, 2.05) is 13.0 Å². The van der Waals surface area contributed by atoms with Crippen molar-refractivity contribution in [3.8, 4) is 12.3 Å². The lowest BCUT2D eigenvalue weighted by molar-refractivity contribution is 1.39. The minimum atomic E-state index is 0.780. The molecule has 0 amide bonds. The Morgan fingerprint density at radius 3 is 2.00 bits per heavy atom. The molecule has 1 rings (SSSR count). The van der Waals surface area contributed by atoms with Crippen LogP contribution in [0.4, 0.5) is 0 Å². The molecule has 0 heteroatoms. The van der Waals surface area contributed by atoms with Crippen molar-refractivity contribution in [1.29, 1.82) is 0 Å². The van der Waals surface area contributed by atoms with E-state index in [0.29, 0.717) is 0 Å². The lowest BCUT2D eigenvalue weighted by Crippen LogP contribution is -1.71. The van der Waals surface area contributed by atoms with Gasteiger partial charge in [0.1, 0.15) is 0 Å². The predicted octanol–water partition coefficient (Wildman–Crippen LogP) is 4.61. The first-order valence-electron chi connectivity index (χ1n) is 5.49. The van der Waals surface area contributed by atoms with Gasteiger partial charge in [-0.2, -0.15) is 0 Å². The summed E-state index contributed by atoms with van der Waals surface area (Å²) < 4.78 is 0. The van der Waals surface area contributed by atoms with Gasteiger partial charge in [0.2, 0.25) is 0 Å². The first-order chi connectivity index (χ1) is 7.99. The van der Waals surface area contributed by atoms with Crippen molar-refractivity contribution >= 4 is 0 Å². The van der Waals surface area contributed by atoms with E-state index in [9.17, 15) is 0 Å². The summed E-state index contributed by atoms with van der Waals surface area (Å²) in [6.45, 7) is 13.3. The van der Waals surface area contributed by atoms with Gasteiger partial charge in [-0.05, 0) is 26.8 Å². The molecule has 0 heterocycles. The van der Waals surface area contributed by atoms with Crippen LogP contribution in [-0.2, 0) is 0 Å². The van der Waals surface area contributed by atoms with Gasteiger partial charge < -0.3 is 0 Å². The molecule has 88 valence electrons. The number of hydrogen-bond acceptors (Lipinski definition) is 0. The fourth-order valence-electron chi connectivity index (χ4n) is 1.23. The third-order valence-corrected chi connectivity index (χ3v) is 1.96. The standard InChI is InChI=1S/C9H10.C8H10/c1-5-9(6-2)7-8(3)4;1-7-4-3-5-8(2)6-7/h1,6-7H,2-3H2,4H3;3-6H,1-2H3/b9-7-;. The monoisotopic (exact) mass is 224 g/mol. The molecule has 0 saturated heterocycles. The highest BCUT2D eigenvalue weighted by Crippen LogP contribution is 2.00. The van der Waals surface area contributed by atoms with E-state index in [1.54, 1.807) is 6.08 Å². The van der Waals surface area contributed by atoms with E-state index in [2.05, 4.69) is 57.2 Å². The molecule has 0 unspecified atom stereocenters. The Morgan fingerprint density at radius 2 is 1.82 bits per heavy atom. The van der Waals surface area contributed by atoms with Gasteiger partial charge in [-0.25, -0.2) is 0 Å². The molecule has 1 aromatic carbocycles. The Balaban J connectivity index is 0.000000302. The largest absolute Gasteiger partial charge is 0.115 e. The van der Waals surface area contributed by atoms with Gasteiger partial charge in [0, 0.05) is 5.57 Å². The highest BCUT2D eigenvalue weighted by atomic mass is 13.9. The molecular weight excluding hydrogens is 204 g/mol. The molecule has 17 heavy (non-hydrogen) atoms. The Kier molecular flexibility index (Phi) is 7.22. The van der Waals surface area contributed by atoms with Crippen molar-refractivity contribution in [3.05, 3.63) is 71.8 Å². The molecule has 0 N–H and O–H groups in total. The Hall–Kier alpha value is -2.00. The maximum Gasteiger partial charge on any atom is 0.0239 e. The zero-order valence-electron chi connectivity index (χ0n) is 11.0. The molecule has 0 aliphatic heterocycles. The van der Waals surface area contributed by atoms with Gasteiger partial charge in [-0.15, -0.1) is 6.42 Å². The van der Waals surface area contributed by atoms with Crippen molar-refractivity contribution in [3.63, 3.8) is 0 Å². The molecule has 0 radical (unpaired) electrons. The summed E-state index contributed by atoms with van der Waals surface area (Å²) in [7, 11) is 0. The number of terminal acetylenes is 1. The summed E-state index contributed by atoms with van der Waals surface area (Å²) in [5.41, 5.74) is 4.40. The second-order valence-electron chi connectivity index (χ2n) is 3.95. The van der Waals surface area contributed by atoms with Crippen molar-refractivity contribution in [2.75, 3.05) is 0 Å². The van der Waals surface area contributed by atoms with Gasteiger partial charge >= 0.3 is 0 Å². The number of rotatable bonds is 2. The maximum atomic E-state index is 5.10. The summed E-state index contributed by atoms with van der Waals surface area (Å²) in [4.78, 5) is 0. The van der Waals surface area contributed by atoms with Crippen LogP contribution in [0.15, 0.2) is 60.7 Å². The minimum Gasteiger partial charge on any atom is -0.115 e. The maximum absolute atomic E-state index is 5.10. The molecule has 0 aliphatic rings. The van der Waals surface area contributed by atoms with Gasteiger partial charge in [0.15, 0.2) is 0 Å². The Labute approximate surface area is 105 Å². The normalized spacial score (nSPS) is 9.65. The predicted molar refractivity (Wildman–Crippen MR) is 77.8 cm³/mol. The molecule has 0 atom stereocenters. The highest BCUT2D eigenvalue weighted by molar-refractivity contribution is 5.39. The average Bonchev–Trinajstić information content (AvgIpc) is 2.26. The highest BCUT2D eigenvalue weighted by Gasteiger charge is 1.81. The Morgan fingerprint density at radius 1 is 1.29 bits per heavy atom. The Bertz CT molecular complexity index is 436. The summed E-state index contributed by atoms with van der Waals surface area (Å²) in [6, 6.07) is 8.45. The topological polar surface area (TPSA) is 0 Å². The van der Waals surface area contributed by atoms with Crippen LogP contribution >= 0.6 is 0 Å². The van der Waals surface area contributed by atoms with Gasteiger partial charge in [-0.3, -0.25) is 0 Å². The van der Waals surface area contributed by atoms with Crippen LogP contribution in [0.25, 0.3) is 0 Å². The molecule has 0 bridgehead atoms. The zero-order valence-corrected chi connectivity index (χ0v) is 11.0. The number of allylic oxidation sites excluding steroid dienone is 4. The van der Waals surface area contributed by atoms with E-state index in [1.165, 1.54) is 11.1 Å². The van der Waals surface area contributed by atoms with Crippen molar-refractivity contribution < 1.29 is 0 Å². The molecule has 0 saturated carbocycles. The van der Waals surface area contributed by atoms with E-state index < -0.39 is 0 Å². The lowest BCUT2D eigenvalue weighted by Gasteiger charge is -1.90. The molecule has 0 nitrogen and oxygen atoms in total. The third-order valence-electron chi connectivity index (χ3n) is 1.96. The molecule has 0 aromatic heterocycles. The van der Waals surface area contributed by atoms with Crippen LogP contribution in [-0.4, -0.2) is 0 Å². The first-order valence-corrected chi connectivity index (χ1v) is 5.49. The number of aryl methyl sites for hydroxylation is 2. The second-order valence-corrected chi connectivity index (χ2v) is 3.95. The average molecular weight is 224 g/mol. The second kappa shape index (κ2) is 8.19.